The number of hydrogen-bond donors (Lipinski definition) is 1. The average molecular weight is 312 g/mol. The van der Waals surface area contributed by atoms with Crippen molar-refractivity contribution in [3.63, 3.8) is 0 Å². The summed E-state index contributed by atoms with van der Waals surface area (Å²) in [6, 6.07) is 17.2. The molecule has 0 radical (unpaired) electrons. The molecule has 0 unspecified atom stereocenters. The predicted octanol–water partition coefficient (Wildman–Crippen LogP) is 4.05. The van der Waals surface area contributed by atoms with Gasteiger partial charge in [0.05, 0.1) is 23.5 Å². The summed E-state index contributed by atoms with van der Waals surface area (Å²) in [5, 5.41) is 0.526. The van der Waals surface area contributed by atoms with Gasteiger partial charge in [0.25, 0.3) is 0 Å². The van der Waals surface area contributed by atoms with Crippen LogP contribution in [-0.4, -0.2) is 17.1 Å². The summed E-state index contributed by atoms with van der Waals surface area (Å²) in [5.41, 5.74) is 9.18. The van der Waals surface area contributed by atoms with Crippen LogP contribution in [0.2, 0.25) is 5.02 Å². The fraction of sp³-hybridized carbons (Fsp3) is 0.0588. The van der Waals surface area contributed by atoms with Crippen molar-refractivity contribution in [3.05, 3.63) is 59.6 Å². The molecular formula is C17H14ClN3O. The normalized spacial score (nSPS) is 10.5. The SMILES string of the molecule is COc1ccc(-c2cc(-c3ccccc3)nc(N)n2)cc1Cl. The van der Waals surface area contributed by atoms with Crippen molar-refractivity contribution < 1.29 is 4.74 Å². The molecule has 0 bridgehead atoms. The maximum atomic E-state index is 6.18. The lowest BCUT2D eigenvalue weighted by molar-refractivity contribution is 0.415. The maximum Gasteiger partial charge on any atom is 0.221 e. The van der Waals surface area contributed by atoms with Gasteiger partial charge >= 0.3 is 0 Å². The fourth-order valence-electron chi connectivity index (χ4n) is 2.20. The third kappa shape index (κ3) is 2.87. The second-order valence-corrected chi connectivity index (χ2v) is 5.12. The van der Waals surface area contributed by atoms with Crippen molar-refractivity contribution >= 4 is 17.5 Å². The van der Waals surface area contributed by atoms with Crippen LogP contribution in [0, 0.1) is 0 Å². The van der Waals surface area contributed by atoms with Crippen LogP contribution in [0.1, 0.15) is 0 Å². The molecule has 0 amide bonds. The van der Waals surface area contributed by atoms with E-state index in [1.807, 2.05) is 42.5 Å². The number of nitrogens with two attached hydrogens (primary N) is 1. The van der Waals surface area contributed by atoms with E-state index in [2.05, 4.69) is 9.97 Å². The highest BCUT2D eigenvalue weighted by molar-refractivity contribution is 6.32. The van der Waals surface area contributed by atoms with E-state index in [1.54, 1.807) is 19.2 Å². The number of nitrogen functional groups attached to an aromatic ring is 1. The highest BCUT2D eigenvalue weighted by Crippen LogP contribution is 2.31. The second kappa shape index (κ2) is 6.03. The quantitative estimate of drug-likeness (QED) is 0.792. The highest BCUT2D eigenvalue weighted by atomic mass is 35.5. The first-order chi connectivity index (χ1) is 10.7. The van der Waals surface area contributed by atoms with Gasteiger partial charge in [-0.05, 0) is 24.3 Å². The zero-order chi connectivity index (χ0) is 15.5. The largest absolute Gasteiger partial charge is 0.495 e. The van der Waals surface area contributed by atoms with Crippen molar-refractivity contribution in [2.24, 2.45) is 0 Å². The summed E-state index contributed by atoms with van der Waals surface area (Å²) < 4.78 is 5.16. The van der Waals surface area contributed by atoms with E-state index in [-0.39, 0.29) is 5.95 Å². The Morgan fingerprint density at radius 2 is 1.59 bits per heavy atom. The van der Waals surface area contributed by atoms with E-state index in [0.29, 0.717) is 10.8 Å². The first kappa shape index (κ1) is 14.4. The Morgan fingerprint density at radius 1 is 0.909 bits per heavy atom. The summed E-state index contributed by atoms with van der Waals surface area (Å²) in [6.07, 6.45) is 0. The molecule has 1 heterocycles. The van der Waals surface area contributed by atoms with Gasteiger partial charge in [-0.25, -0.2) is 9.97 Å². The number of aromatic nitrogens is 2. The van der Waals surface area contributed by atoms with E-state index in [0.717, 1.165) is 22.5 Å². The number of benzene rings is 2. The van der Waals surface area contributed by atoms with E-state index in [4.69, 9.17) is 22.1 Å². The third-order valence-corrected chi connectivity index (χ3v) is 3.56. The number of halogens is 1. The zero-order valence-electron chi connectivity index (χ0n) is 12.0. The molecule has 2 N–H and O–H groups in total. The van der Waals surface area contributed by atoms with Crippen molar-refractivity contribution in [2.75, 3.05) is 12.8 Å². The minimum absolute atomic E-state index is 0.225. The number of rotatable bonds is 3. The summed E-state index contributed by atoms with van der Waals surface area (Å²) >= 11 is 6.18. The fourth-order valence-corrected chi connectivity index (χ4v) is 2.45. The van der Waals surface area contributed by atoms with E-state index >= 15 is 0 Å². The van der Waals surface area contributed by atoms with Crippen LogP contribution in [0.15, 0.2) is 54.6 Å². The smallest absolute Gasteiger partial charge is 0.221 e. The molecule has 0 spiro atoms. The van der Waals surface area contributed by atoms with Crippen LogP contribution in [0.3, 0.4) is 0 Å². The minimum Gasteiger partial charge on any atom is -0.495 e. The molecule has 5 heteroatoms. The third-order valence-electron chi connectivity index (χ3n) is 3.26. The molecule has 0 saturated heterocycles. The van der Waals surface area contributed by atoms with Crippen LogP contribution in [-0.2, 0) is 0 Å². The Bertz CT molecular complexity index is 806. The number of ether oxygens (including phenoxy) is 1. The monoisotopic (exact) mass is 311 g/mol. The van der Waals surface area contributed by atoms with Gasteiger partial charge in [0.2, 0.25) is 5.95 Å². The summed E-state index contributed by atoms with van der Waals surface area (Å²) in [4.78, 5) is 8.59. The summed E-state index contributed by atoms with van der Waals surface area (Å²) in [6.45, 7) is 0. The molecular weight excluding hydrogens is 298 g/mol. The first-order valence-corrected chi connectivity index (χ1v) is 7.09. The lowest BCUT2D eigenvalue weighted by Gasteiger charge is -2.08. The van der Waals surface area contributed by atoms with Gasteiger partial charge in [0, 0.05) is 11.1 Å². The van der Waals surface area contributed by atoms with Crippen LogP contribution in [0.25, 0.3) is 22.5 Å². The molecule has 22 heavy (non-hydrogen) atoms. The molecule has 0 aliphatic rings. The Balaban J connectivity index is 2.08. The number of hydrogen-bond acceptors (Lipinski definition) is 4. The Kier molecular flexibility index (Phi) is 3.94. The van der Waals surface area contributed by atoms with Crippen molar-refractivity contribution in [2.45, 2.75) is 0 Å². The number of anilines is 1. The second-order valence-electron chi connectivity index (χ2n) is 4.71. The zero-order valence-corrected chi connectivity index (χ0v) is 12.7. The Morgan fingerprint density at radius 3 is 2.23 bits per heavy atom. The maximum absolute atomic E-state index is 6.18. The van der Waals surface area contributed by atoms with Crippen molar-refractivity contribution in [1.82, 2.24) is 9.97 Å². The highest BCUT2D eigenvalue weighted by Gasteiger charge is 2.09. The van der Waals surface area contributed by atoms with Crippen LogP contribution in [0.5, 0.6) is 5.75 Å². The molecule has 2 aromatic carbocycles. The van der Waals surface area contributed by atoms with Crippen LogP contribution in [0.4, 0.5) is 5.95 Å². The molecule has 0 aliphatic heterocycles. The molecule has 0 atom stereocenters. The topological polar surface area (TPSA) is 61.0 Å². The molecule has 4 nitrogen and oxygen atoms in total. The summed E-state index contributed by atoms with van der Waals surface area (Å²) in [5.74, 6) is 0.846. The van der Waals surface area contributed by atoms with Gasteiger partial charge in [-0.3, -0.25) is 0 Å². The van der Waals surface area contributed by atoms with Gasteiger partial charge < -0.3 is 10.5 Å². The average Bonchev–Trinajstić information content (AvgIpc) is 2.55. The van der Waals surface area contributed by atoms with Gasteiger partial charge in [-0.1, -0.05) is 41.9 Å². The van der Waals surface area contributed by atoms with Gasteiger partial charge in [0.1, 0.15) is 5.75 Å². The molecule has 0 aliphatic carbocycles. The number of nitrogens with zero attached hydrogens (tertiary/aromatic N) is 2. The van der Waals surface area contributed by atoms with Gasteiger partial charge in [-0.2, -0.15) is 0 Å². The van der Waals surface area contributed by atoms with Gasteiger partial charge in [-0.15, -0.1) is 0 Å². The lowest BCUT2D eigenvalue weighted by atomic mass is 10.1. The molecule has 1 aromatic heterocycles. The Hall–Kier alpha value is -2.59. The van der Waals surface area contributed by atoms with Crippen molar-refractivity contribution in [3.8, 4) is 28.3 Å². The number of methoxy groups -OCH3 is 1. The van der Waals surface area contributed by atoms with Crippen LogP contribution >= 0.6 is 11.6 Å². The lowest BCUT2D eigenvalue weighted by Crippen LogP contribution is -1.98. The Labute approximate surface area is 133 Å². The first-order valence-electron chi connectivity index (χ1n) is 6.71. The molecule has 3 rings (SSSR count). The standard InChI is InChI=1S/C17H14ClN3O/c1-22-16-8-7-12(9-13(16)18)15-10-14(20-17(19)21-15)11-5-3-2-4-6-11/h2-10H,1H3,(H2,19,20,21). The van der Waals surface area contributed by atoms with E-state index in [1.165, 1.54) is 0 Å². The van der Waals surface area contributed by atoms with E-state index < -0.39 is 0 Å². The van der Waals surface area contributed by atoms with Crippen molar-refractivity contribution in [1.29, 1.82) is 0 Å². The van der Waals surface area contributed by atoms with Gasteiger partial charge in [0.15, 0.2) is 0 Å². The minimum atomic E-state index is 0.225. The van der Waals surface area contributed by atoms with E-state index in [9.17, 15) is 0 Å². The molecule has 0 saturated carbocycles. The summed E-state index contributed by atoms with van der Waals surface area (Å²) in [7, 11) is 1.58. The predicted molar refractivity (Wildman–Crippen MR) is 88.9 cm³/mol. The molecule has 110 valence electrons. The molecule has 3 aromatic rings. The molecule has 0 fully saturated rings. The van der Waals surface area contributed by atoms with Crippen LogP contribution < -0.4 is 10.5 Å².